The fraction of sp³-hybridized carbons (Fsp3) is 0.357. The lowest BCUT2D eigenvalue weighted by atomic mass is 10.1. The van der Waals surface area contributed by atoms with Crippen molar-refractivity contribution >= 4 is 16.9 Å². The molecule has 0 saturated heterocycles. The molecule has 19 heavy (non-hydrogen) atoms. The van der Waals surface area contributed by atoms with E-state index in [9.17, 15) is 4.79 Å². The zero-order valence-electron chi connectivity index (χ0n) is 10.8. The molecule has 0 aliphatic heterocycles. The Morgan fingerprint density at radius 3 is 2.84 bits per heavy atom. The molecule has 1 heterocycles. The summed E-state index contributed by atoms with van der Waals surface area (Å²) in [6.07, 6.45) is 1.94. The molecule has 0 fully saturated rings. The standard InChI is InChI=1S/C14H17NO4/c1-18-8-9-19-7-6-15-5-4-11-10-12(14(16)17)2-3-13(11)15/h2-5,10H,6-9H2,1H3,(H,16,17). The quantitative estimate of drug-likeness (QED) is 0.776. The normalized spacial score (nSPS) is 11.0. The predicted octanol–water partition coefficient (Wildman–Crippen LogP) is 2.00. The van der Waals surface area contributed by atoms with Gasteiger partial charge in [-0.1, -0.05) is 0 Å². The second-order valence-corrected chi connectivity index (χ2v) is 4.19. The monoisotopic (exact) mass is 263 g/mol. The van der Waals surface area contributed by atoms with Gasteiger partial charge in [-0.3, -0.25) is 0 Å². The molecule has 5 nitrogen and oxygen atoms in total. The van der Waals surface area contributed by atoms with Gasteiger partial charge in [0.1, 0.15) is 0 Å². The van der Waals surface area contributed by atoms with Crippen molar-refractivity contribution in [3.05, 3.63) is 36.0 Å². The van der Waals surface area contributed by atoms with Crippen molar-refractivity contribution in [1.29, 1.82) is 0 Å². The lowest BCUT2D eigenvalue weighted by molar-refractivity contribution is 0.0670. The van der Waals surface area contributed by atoms with Crippen molar-refractivity contribution in [3.8, 4) is 0 Å². The summed E-state index contributed by atoms with van der Waals surface area (Å²) in [6, 6.07) is 7.04. The van der Waals surface area contributed by atoms with Crippen LogP contribution in [0.2, 0.25) is 0 Å². The first-order chi connectivity index (χ1) is 9.22. The van der Waals surface area contributed by atoms with Gasteiger partial charge in [-0.15, -0.1) is 0 Å². The second-order valence-electron chi connectivity index (χ2n) is 4.19. The second kappa shape index (κ2) is 6.36. The number of rotatable bonds is 7. The number of ether oxygens (including phenoxy) is 2. The molecule has 0 unspecified atom stereocenters. The molecule has 1 aromatic heterocycles. The molecule has 1 N–H and O–H groups in total. The third-order valence-corrected chi connectivity index (χ3v) is 2.93. The highest BCUT2D eigenvalue weighted by Gasteiger charge is 2.06. The fourth-order valence-electron chi connectivity index (χ4n) is 1.94. The van der Waals surface area contributed by atoms with E-state index in [1.54, 1.807) is 19.2 Å². The van der Waals surface area contributed by atoms with Crippen molar-refractivity contribution in [2.45, 2.75) is 6.54 Å². The van der Waals surface area contributed by atoms with E-state index in [2.05, 4.69) is 0 Å². The Hall–Kier alpha value is -1.85. The van der Waals surface area contributed by atoms with Gasteiger partial charge >= 0.3 is 5.97 Å². The number of carboxylic acid groups (broad SMARTS) is 1. The summed E-state index contributed by atoms with van der Waals surface area (Å²) in [7, 11) is 1.64. The summed E-state index contributed by atoms with van der Waals surface area (Å²) in [5.74, 6) is -0.905. The zero-order valence-corrected chi connectivity index (χ0v) is 10.8. The molecule has 0 aliphatic rings. The number of fused-ring (bicyclic) bond motifs is 1. The largest absolute Gasteiger partial charge is 0.478 e. The van der Waals surface area contributed by atoms with Crippen LogP contribution in [0.15, 0.2) is 30.5 Å². The van der Waals surface area contributed by atoms with Gasteiger partial charge in [0, 0.05) is 30.8 Å². The number of aromatic nitrogens is 1. The minimum atomic E-state index is -0.905. The lowest BCUT2D eigenvalue weighted by Gasteiger charge is -2.06. The Morgan fingerprint density at radius 2 is 2.11 bits per heavy atom. The Labute approximate surface area is 111 Å². The molecule has 0 amide bonds. The van der Waals surface area contributed by atoms with Crippen LogP contribution in [0.25, 0.3) is 10.9 Å². The highest BCUT2D eigenvalue weighted by Crippen LogP contribution is 2.17. The lowest BCUT2D eigenvalue weighted by Crippen LogP contribution is -2.08. The van der Waals surface area contributed by atoms with Crippen molar-refractivity contribution in [2.75, 3.05) is 26.9 Å². The highest BCUT2D eigenvalue weighted by molar-refractivity contribution is 5.93. The third-order valence-electron chi connectivity index (χ3n) is 2.93. The van der Waals surface area contributed by atoms with Crippen LogP contribution in [-0.4, -0.2) is 42.6 Å². The summed E-state index contributed by atoms with van der Waals surface area (Å²) in [6.45, 7) is 2.51. The first kappa shape index (κ1) is 13.6. The summed E-state index contributed by atoms with van der Waals surface area (Å²) in [5.41, 5.74) is 1.32. The molecular formula is C14H17NO4. The summed E-state index contributed by atoms with van der Waals surface area (Å²) < 4.78 is 12.4. The fourth-order valence-corrected chi connectivity index (χ4v) is 1.94. The van der Waals surface area contributed by atoms with Crippen molar-refractivity contribution in [1.82, 2.24) is 4.57 Å². The van der Waals surface area contributed by atoms with E-state index in [-0.39, 0.29) is 0 Å². The highest BCUT2D eigenvalue weighted by atomic mass is 16.5. The van der Waals surface area contributed by atoms with Crippen LogP contribution in [0.5, 0.6) is 0 Å². The van der Waals surface area contributed by atoms with Gasteiger partial charge in [0.05, 0.1) is 25.4 Å². The van der Waals surface area contributed by atoms with Crippen LogP contribution in [0, 0.1) is 0 Å². The zero-order chi connectivity index (χ0) is 13.7. The molecule has 0 spiro atoms. The molecule has 2 aromatic rings. The maximum atomic E-state index is 10.9. The Kier molecular flexibility index (Phi) is 4.54. The van der Waals surface area contributed by atoms with Gasteiger partial charge in [0.25, 0.3) is 0 Å². The first-order valence-corrected chi connectivity index (χ1v) is 6.11. The summed E-state index contributed by atoms with van der Waals surface area (Å²) in [5, 5.41) is 9.86. The van der Waals surface area contributed by atoms with E-state index >= 15 is 0 Å². The number of benzene rings is 1. The maximum Gasteiger partial charge on any atom is 0.335 e. The number of methoxy groups -OCH3 is 1. The number of hydrogen-bond acceptors (Lipinski definition) is 3. The van der Waals surface area contributed by atoms with Crippen LogP contribution >= 0.6 is 0 Å². The topological polar surface area (TPSA) is 60.7 Å². The SMILES string of the molecule is COCCOCCn1ccc2cc(C(=O)O)ccc21. The molecule has 0 radical (unpaired) electrons. The van der Waals surface area contributed by atoms with Gasteiger partial charge in [0.15, 0.2) is 0 Å². The minimum absolute atomic E-state index is 0.307. The van der Waals surface area contributed by atoms with Crippen molar-refractivity contribution in [2.24, 2.45) is 0 Å². The molecule has 0 bridgehead atoms. The third kappa shape index (κ3) is 3.33. The summed E-state index contributed by atoms with van der Waals surface area (Å²) in [4.78, 5) is 10.9. The van der Waals surface area contributed by atoms with Gasteiger partial charge < -0.3 is 19.1 Å². The van der Waals surface area contributed by atoms with E-state index in [0.717, 1.165) is 17.4 Å². The average Bonchev–Trinajstić information content (AvgIpc) is 2.81. The van der Waals surface area contributed by atoms with E-state index in [0.29, 0.717) is 25.4 Å². The van der Waals surface area contributed by atoms with Crippen LogP contribution in [0.1, 0.15) is 10.4 Å². The minimum Gasteiger partial charge on any atom is -0.478 e. The van der Waals surface area contributed by atoms with Crippen LogP contribution in [-0.2, 0) is 16.0 Å². The number of hydrogen-bond donors (Lipinski definition) is 1. The molecule has 5 heteroatoms. The molecular weight excluding hydrogens is 246 g/mol. The molecule has 2 rings (SSSR count). The smallest absolute Gasteiger partial charge is 0.335 e. The Morgan fingerprint density at radius 1 is 1.26 bits per heavy atom. The predicted molar refractivity (Wildman–Crippen MR) is 71.6 cm³/mol. The average molecular weight is 263 g/mol. The van der Waals surface area contributed by atoms with Crippen molar-refractivity contribution in [3.63, 3.8) is 0 Å². The Balaban J connectivity index is 2.02. The van der Waals surface area contributed by atoms with E-state index in [1.807, 2.05) is 22.9 Å². The van der Waals surface area contributed by atoms with Gasteiger partial charge in [-0.05, 0) is 24.3 Å². The van der Waals surface area contributed by atoms with Gasteiger partial charge in [-0.2, -0.15) is 0 Å². The van der Waals surface area contributed by atoms with E-state index < -0.39 is 5.97 Å². The van der Waals surface area contributed by atoms with E-state index in [4.69, 9.17) is 14.6 Å². The molecule has 102 valence electrons. The van der Waals surface area contributed by atoms with Crippen LogP contribution in [0.3, 0.4) is 0 Å². The van der Waals surface area contributed by atoms with Crippen LogP contribution in [0.4, 0.5) is 0 Å². The number of carbonyl (C=O) groups is 1. The number of aromatic carboxylic acids is 1. The van der Waals surface area contributed by atoms with Crippen molar-refractivity contribution < 1.29 is 19.4 Å². The molecule has 0 saturated carbocycles. The van der Waals surface area contributed by atoms with Crippen LogP contribution < -0.4 is 0 Å². The molecule has 0 aliphatic carbocycles. The van der Waals surface area contributed by atoms with Gasteiger partial charge in [0.2, 0.25) is 0 Å². The molecule has 1 aromatic carbocycles. The Bertz CT molecular complexity index is 562. The summed E-state index contributed by atoms with van der Waals surface area (Å²) >= 11 is 0. The number of nitrogens with zero attached hydrogens (tertiary/aromatic N) is 1. The van der Waals surface area contributed by atoms with Gasteiger partial charge in [-0.25, -0.2) is 4.79 Å². The van der Waals surface area contributed by atoms with E-state index in [1.165, 1.54) is 0 Å². The first-order valence-electron chi connectivity index (χ1n) is 6.11. The molecule has 0 atom stereocenters. The maximum absolute atomic E-state index is 10.9. The number of carboxylic acids is 1.